The molecule has 0 radical (unpaired) electrons. The third-order valence-corrected chi connectivity index (χ3v) is 4.10. The highest BCUT2D eigenvalue weighted by Crippen LogP contribution is 2.28. The monoisotopic (exact) mass is 369 g/mol. The van der Waals surface area contributed by atoms with E-state index in [9.17, 15) is 13.6 Å². The summed E-state index contributed by atoms with van der Waals surface area (Å²) in [5, 5.41) is 9.46. The lowest BCUT2D eigenvalue weighted by Gasteiger charge is -2.10. The Kier molecular flexibility index (Phi) is 4.71. The van der Waals surface area contributed by atoms with Gasteiger partial charge >= 0.3 is 0 Å². The first-order valence-electron chi connectivity index (χ1n) is 5.78. The van der Waals surface area contributed by atoms with Crippen LogP contribution in [0.1, 0.15) is 21.8 Å². The van der Waals surface area contributed by atoms with Crippen LogP contribution in [0.15, 0.2) is 40.9 Å². The van der Waals surface area contributed by atoms with Gasteiger partial charge in [-0.05, 0) is 34.1 Å². The average molecular weight is 371 g/mol. The summed E-state index contributed by atoms with van der Waals surface area (Å²) in [7, 11) is 0. The van der Waals surface area contributed by atoms with Crippen LogP contribution in [-0.2, 0) is 0 Å². The fourth-order valence-electron chi connectivity index (χ4n) is 1.82. The van der Waals surface area contributed by atoms with Crippen LogP contribution in [0, 0.1) is 23.0 Å². The average Bonchev–Trinajstić information content (AvgIpc) is 2.44. The molecule has 106 valence electrons. The first-order valence-corrected chi connectivity index (χ1v) is 6.95. The van der Waals surface area contributed by atoms with Crippen LogP contribution in [-0.4, -0.2) is 5.78 Å². The second kappa shape index (κ2) is 6.33. The smallest absolute Gasteiger partial charge is 0.184 e. The Hall–Kier alpha value is -1.77. The molecule has 2 aromatic carbocycles. The van der Waals surface area contributed by atoms with E-state index in [-0.39, 0.29) is 11.1 Å². The lowest BCUT2D eigenvalue weighted by atomic mass is 9.91. The summed E-state index contributed by atoms with van der Waals surface area (Å²) in [4.78, 5) is 12.3. The SMILES string of the molecule is N#CC(C(=O)c1ccc(Br)c(Cl)c1)c1ccc(F)cc1F. The molecule has 2 aromatic rings. The normalized spacial score (nSPS) is 11.8. The van der Waals surface area contributed by atoms with E-state index in [0.717, 1.165) is 12.1 Å². The zero-order valence-electron chi connectivity index (χ0n) is 10.4. The molecule has 1 atom stereocenters. The van der Waals surface area contributed by atoms with E-state index in [1.165, 1.54) is 12.1 Å². The second-order valence-electron chi connectivity index (χ2n) is 4.22. The number of ketones is 1. The summed E-state index contributed by atoms with van der Waals surface area (Å²) < 4.78 is 27.2. The van der Waals surface area contributed by atoms with Gasteiger partial charge in [-0.1, -0.05) is 23.7 Å². The Labute approximate surface area is 133 Å². The van der Waals surface area contributed by atoms with Gasteiger partial charge in [-0.3, -0.25) is 4.79 Å². The van der Waals surface area contributed by atoms with Crippen LogP contribution < -0.4 is 0 Å². The van der Waals surface area contributed by atoms with Gasteiger partial charge in [0.1, 0.15) is 17.6 Å². The molecule has 0 bridgehead atoms. The highest BCUT2D eigenvalue weighted by Gasteiger charge is 2.25. The van der Waals surface area contributed by atoms with Crippen LogP contribution in [0.25, 0.3) is 0 Å². The minimum absolute atomic E-state index is 0.164. The van der Waals surface area contributed by atoms with E-state index >= 15 is 0 Å². The molecule has 0 fully saturated rings. The van der Waals surface area contributed by atoms with Crippen LogP contribution in [0.2, 0.25) is 5.02 Å². The Bertz CT molecular complexity index is 758. The Balaban J connectivity index is 2.43. The number of carbonyl (C=O) groups is 1. The summed E-state index contributed by atoms with van der Waals surface area (Å²) in [6.45, 7) is 0. The maximum atomic E-state index is 13.7. The van der Waals surface area contributed by atoms with E-state index in [1.807, 2.05) is 0 Å². The number of carbonyl (C=O) groups excluding carboxylic acids is 1. The van der Waals surface area contributed by atoms with Crippen molar-refractivity contribution < 1.29 is 13.6 Å². The molecule has 0 aliphatic rings. The van der Waals surface area contributed by atoms with Crippen LogP contribution >= 0.6 is 27.5 Å². The number of rotatable bonds is 3. The largest absolute Gasteiger partial charge is 0.292 e. The van der Waals surface area contributed by atoms with Crippen molar-refractivity contribution in [3.63, 3.8) is 0 Å². The molecule has 0 amide bonds. The number of hydrogen-bond donors (Lipinski definition) is 0. The third kappa shape index (κ3) is 3.29. The van der Waals surface area contributed by atoms with Crippen molar-refractivity contribution in [1.29, 1.82) is 5.26 Å². The summed E-state index contributed by atoms with van der Waals surface area (Å²) in [5.41, 5.74) is 0.0152. The topological polar surface area (TPSA) is 40.9 Å². The minimum Gasteiger partial charge on any atom is -0.292 e. The zero-order chi connectivity index (χ0) is 15.6. The van der Waals surface area contributed by atoms with Gasteiger partial charge in [0.05, 0.1) is 11.1 Å². The summed E-state index contributed by atoms with van der Waals surface area (Å²) >= 11 is 9.09. The third-order valence-electron chi connectivity index (χ3n) is 2.87. The van der Waals surface area contributed by atoms with Crippen molar-refractivity contribution in [2.45, 2.75) is 5.92 Å². The first kappa shape index (κ1) is 15.6. The Morgan fingerprint density at radius 2 is 1.95 bits per heavy atom. The van der Waals surface area contributed by atoms with Gasteiger partial charge in [0.2, 0.25) is 0 Å². The van der Waals surface area contributed by atoms with Gasteiger partial charge in [-0.2, -0.15) is 5.26 Å². The lowest BCUT2D eigenvalue weighted by Crippen LogP contribution is -2.13. The quantitative estimate of drug-likeness (QED) is 0.723. The predicted octanol–water partition coefficient (Wildman–Crippen LogP) is 4.87. The minimum atomic E-state index is -1.36. The molecule has 0 aliphatic heterocycles. The molecule has 1 unspecified atom stereocenters. The molecule has 0 saturated heterocycles. The van der Waals surface area contributed by atoms with Gasteiger partial charge < -0.3 is 0 Å². The second-order valence-corrected chi connectivity index (χ2v) is 5.48. The molecular formula is C15H7BrClF2NO. The van der Waals surface area contributed by atoms with Crippen molar-refractivity contribution in [3.05, 3.63) is 68.7 Å². The van der Waals surface area contributed by atoms with Gasteiger partial charge in [-0.15, -0.1) is 0 Å². The van der Waals surface area contributed by atoms with Crippen molar-refractivity contribution in [1.82, 2.24) is 0 Å². The maximum absolute atomic E-state index is 13.7. The fraction of sp³-hybridized carbons (Fsp3) is 0.0667. The number of hydrogen-bond acceptors (Lipinski definition) is 2. The zero-order valence-corrected chi connectivity index (χ0v) is 12.8. The fourth-order valence-corrected chi connectivity index (χ4v) is 2.25. The predicted molar refractivity (Wildman–Crippen MR) is 78.2 cm³/mol. The van der Waals surface area contributed by atoms with E-state index in [1.54, 1.807) is 12.1 Å². The van der Waals surface area contributed by atoms with Crippen LogP contribution in [0.5, 0.6) is 0 Å². The van der Waals surface area contributed by atoms with Gasteiger partial charge in [0.15, 0.2) is 5.78 Å². The number of benzene rings is 2. The summed E-state index contributed by atoms with van der Waals surface area (Å²) in [5.74, 6) is -3.66. The molecule has 0 aromatic heterocycles. The standard InChI is InChI=1S/C15H7BrClF2NO/c16-12-4-1-8(5-13(12)17)15(21)11(7-20)10-3-2-9(18)6-14(10)19/h1-6,11H. The first-order chi connectivity index (χ1) is 9.93. The number of nitriles is 1. The molecule has 6 heteroatoms. The van der Waals surface area contributed by atoms with Crippen LogP contribution in [0.3, 0.4) is 0 Å². The van der Waals surface area contributed by atoms with E-state index < -0.39 is 23.3 Å². The summed E-state index contributed by atoms with van der Waals surface area (Å²) in [6, 6.07) is 8.91. The highest BCUT2D eigenvalue weighted by molar-refractivity contribution is 9.10. The molecule has 0 N–H and O–H groups in total. The van der Waals surface area contributed by atoms with Gasteiger partial charge in [0, 0.05) is 21.7 Å². The van der Waals surface area contributed by atoms with E-state index in [4.69, 9.17) is 16.9 Å². The van der Waals surface area contributed by atoms with Crippen molar-refractivity contribution in [2.75, 3.05) is 0 Å². The highest BCUT2D eigenvalue weighted by atomic mass is 79.9. The number of halogens is 4. The lowest BCUT2D eigenvalue weighted by molar-refractivity contribution is 0.0977. The van der Waals surface area contributed by atoms with Crippen molar-refractivity contribution in [2.24, 2.45) is 0 Å². The molecule has 0 heterocycles. The Morgan fingerprint density at radius 1 is 1.24 bits per heavy atom. The van der Waals surface area contributed by atoms with Gasteiger partial charge in [-0.25, -0.2) is 8.78 Å². The van der Waals surface area contributed by atoms with Gasteiger partial charge in [0.25, 0.3) is 0 Å². The van der Waals surface area contributed by atoms with E-state index in [2.05, 4.69) is 15.9 Å². The van der Waals surface area contributed by atoms with Crippen molar-refractivity contribution >= 4 is 33.3 Å². The molecule has 0 spiro atoms. The molecule has 0 aliphatic carbocycles. The molecule has 0 saturated carbocycles. The van der Waals surface area contributed by atoms with Crippen molar-refractivity contribution in [3.8, 4) is 6.07 Å². The van der Waals surface area contributed by atoms with E-state index in [0.29, 0.717) is 15.6 Å². The molecule has 2 rings (SSSR count). The number of nitrogens with zero attached hydrogens (tertiary/aromatic N) is 1. The number of Topliss-reactive ketones (excluding diaryl/α,β-unsaturated/α-hetero) is 1. The summed E-state index contributed by atoms with van der Waals surface area (Å²) in [6.07, 6.45) is 0. The molecule has 2 nitrogen and oxygen atoms in total. The van der Waals surface area contributed by atoms with Crippen LogP contribution in [0.4, 0.5) is 8.78 Å². The molecule has 21 heavy (non-hydrogen) atoms. The Morgan fingerprint density at radius 3 is 2.52 bits per heavy atom. The maximum Gasteiger partial charge on any atom is 0.184 e. The molecular weight excluding hydrogens is 364 g/mol.